The molecule has 0 radical (unpaired) electrons. The van der Waals surface area contributed by atoms with Gasteiger partial charge in [0.25, 0.3) is 0 Å². The molecule has 1 saturated carbocycles. The average molecular weight is 281 g/mol. The van der Waals surface area contributed by atoms with Crippen LogP contribution >= 0.6 is 0 Å². The maximum atomic E-state index is 12.3. The summed E-state index contributed by atoms with van der Waals surface area (Å²) in [5.41, 5.74) is 2.16. The van der Waals surface area contributed by atoms with E-state index in [1.165, 1.54) is 5.56 Å². The predicted octanol–water partition coefficient (Wildman–Crippen LogP) is 2.64. The second-order valence-electron chi connectivity index (χ2n) is 5.51. The molecule has 3 atom stereocenters. The summed E-state index contributed by atoms with van der Waals surface area (Å²) in [5.74, 6) is 0.387. The van der Waals surface area contributed by atoms with Crippen molar-refractivity contribution in [2.75, 3.05) is 6.61 Å². The summed E-state index contributed by atoms with van der Waals surface area (Å²) in [6.45, 7) is -0.0848. The first kappa shape index (κ1) is 13.8. The number of hydrogen-bond donors (Lipinski definition) is 2. The molecule has 2 aromatic rings. The summed E-state index contributed by atoms with van der Waals surface area (Å²) in [5, 5.41) is 12.5. The summed E-state index contributed by atoms with van der Waals surface area (Å²) in [6.07, 6.45) is 0.892. The molecule has 2 aromatic carbocycles. The van der Waals surface area contributed by atoms with Crippen LogP contribution in [0.4, 0.5) is 0 Å². The number of benzene rings is 2. The molecule has 0 aromatic heterocycles. The fourth-order valence-corrected chi connectivity index (χ4v) is 2.75. The van der Waals surface area contributed by atoms with Crippen LogP contribution in [0.2, 0.25) is 0 Å². The molecular weight excluding hydrogens is 262 g/mol. The number of aliphatic hydroxyl groups is 1. The molecule has 3 nitrogen and oxygen atoms in total. The molecule has 2 N–H and O–H groups in total. The number of carbonyl (C=O) groups excluding carboxylic acids is 1. The fourth-order valence-electron chi connectivity index (χ4n) is 2.75. The van der Waals surface area contributed by atoms with E-state index in [9.17, 15) is 9.90 Å². The molecule has 1 aliphatic carbocycles. The van der Waals surface area contributed by atoms with E-state index in [4.69, 9.17) is 0 Å². The zero-order valence-electron chi connectivity index (χ0n) is 11.8. The van der Waals surface area contributed by atoms with Crippen LogP contribution < -0.4 is 5.32 Å². The van der Waals surface area contributed by atoms with Gasteiger partial charge in [0.2, 0.25) is 5.91 Å². The standard InChI is InChI=1S/C18H19NO2/c20-12-17(14-9-5-2-6-10-14)19-18(21)16-11-15(16)13-7-3-1-4-8-13/h1-10,15-17,20H,11-12H2,(H,19,21)/t15-,16+,17-/m0/s1. The number of carbonyl (C=O) groups is 1. The fraction of sp³-hybridized carbons (Fsp3) is 0.278. The number of rotatable bonds is 5. The maximum absolute atomic E-state index is 12.3. The van der Waals surface area contributed by atoms with Crippen molar-refractivity contribution in [2.45, 2.75) is 18.4 Å². The quantitative estimate of drug-likeness (QED) is 0.885. The van der Waals surface area contributed by atoms with E-state index in [1.807, 2.05) is 48.5 Å². The van der Waals surface area contributed by atoms with Gasteiger partial charge in [-0.15, -0.1) is 0 Å². The molecule has 0 spiro atoms. The van der Waals surface area contributed by atoms with Gasteiger partial charge in [-0.05, 0) is 23.5 Å². The normalized spacial score (nSPS) is 21.6. The highest BCUT2D eigenvalue weighted by Gasteiger charge is 2.44. The van der Waals surface area contributed by atoms with Crippen LogP contribution in [0.5, 0.6) is 0 Å². The zero-order chi connectivity index (χ0) is 14.7. The largest absolute Gasteiger partial charge is 0.394 e. The van der Waals surface area contributed by atoms with Gasteiger partial charge in [0.1, 0.15) is 0 Å². The van der Waals surface area contributed by atoms with Gasteiger partial charge < -0.3 is 10.4 Å². The first-order valence-electron chi connectivity index (χ1n) is 7.30. The molecule has 1 fully saturated rings. The maximum Gasteiger partial charge on any atom is 0.224 e. The molecule has 3 rings (SSSR count). The van der Waals surface area contributed by atoms with Gasteiger partial charge >= 0.3 is 0 Å². The minimum atomic E-state index is -0.323. The van der Waals surface area contributed by atoms with Crippen molar-refractivity contribution in [3.05, 3.63) is 71.8 Å². The molecular formula is C18H19NO2. The van der Waals surface area contributed by atoms with E-state index in [0.29, 0.717) is 5.92 Å². The second-order valence-corrected chi connectivity index (χ2v) is 5.51. The molecule has 108 valence electrons. The molecule has 0 saturated heterocycles. The number of aliphatic hydroxyl groups excluding tert-OH is 1. The molecule has 1 amide bonds. The Morgan fingerprint density at radius 2 is 1.71 bits per heavy atom. The van der Waals surface area contributed by atoms with Crippen molar-refractivity contribution in [1.29, 1.82) is 0 Å². The third-order valence-electron chi connectivity index (χ3n) is 4.06. The number of hydrogen-bond acceptors (Lipinski definition) is 2. The van der Waals surface area contributed by atoms with Crippen LogP contribution in [0.1, 0.15) is 29.5 Å². The van der Waals surface area contributed by atoms with Crippen molar-refractivity contribution in [3.8, 4) is 0 Å². The zero-order valence-corrected chi connectivity index (χ0v) is 11.8. The van der Waals surface area contributed by atoms with Crippen molar-refractivity contribution < 1.29 is 9.90 Å². The molecule has 3 heteroatoms. The number of amides is 1. The van der Waals surface area contributed by atoms with Crippen molar-refractivity contribution in [3.63, 3.8) is 0 Å². The van der Waals surface area contributed by atoms with E-state index in [1.54, 1.807) is 0 Å². The Balaban J connectivity index is 1.62. The van der Waals surface area contributed by atoms with E-state index < -0.39 is 0 Å². The van der Waals surface area contributed by atoms with Gasteiger partial charge in [0.15, 0.2) is 0 Å². The lowest BCUT2D eigenvalue weighted by atomic mass is 10.1. The van der Waals surface area contributed by atoms with Crippen molar-refractivity contribution >= 4 is 5.91 Å². The first-order valence-corrected chi connectivity index (χ1v) is 7.30. The number of nitrogens with one attached hydrogen (secondary N) is 1. The smallest absolute Gasteiger partial charge is 0.224 e. The van der Waals surface area contributed by atoms with Crippen LogP contribution in [-0.4, -0.2) is 17.6 Å². The van der Waals surface area contributed by atoms with E-state index >= 15 is 0 Å². The second kappa shape index (κ2) is 6.10. The van der Waals surface area contributed by atoms with Gasteiger partial charge in [-0.2, -0.15) is 0 Å². The summed E-state index contributed by atoms with van der Waals surface area (Å²) >= 11 is 0. The molecule has 0 unspecified atom stereocenters. The highest BCUT2D eigenvalue weighted by molar-refractivity contribution is 5.83. The first-order chi connectivity index (χ1) is 10.3. The van der Waals surface area contributed by atoms with Gasteiger partial charge in [-0.1, -0.05) is 60.7 Å². The van der Waals surface area contributed by atoms with Gasteiger partial charge in [-0.3, -0.25) is 4.79 Å². The molecule has 0 aliphatic heterocycles. The molecule has 0 bridgehead atoms. The topological polar surface area (TPSA) is 49.3 Å². The van der Waals surface area contributed by atoms with Gasteiger partial charge in [0.05, 0.1) is 12.6 Å². The lowest BCUT2D eigenvalue weighted by Crippen LogP contribution is -2.32. The molecule has 21 heavy (non-hydrogen) atoms. The Morgan fingerprint density at radius 1 is 1.10 bits per heavy atom. The predicted molar refractivity (Wildman–Crippen MR) is 81.7 cm³/mol. The minimum Gasteiger partial charge on any atom is -0.394 e. The Kier molecular flexibility index (Phi) is 4.02. The summed E-state index contributed by atoms with van der Waals surface area (Å²) in [6, 6.07) is 19.4. The van der Waals surface area contributed by atoms with Crippen LogP contribution in [-0.2, 0) is 4.79 Å². The van der Waals surface area contributed by atoms with E-state index in [0.717, 1.165) is 12.0 Å². The van der Waals surface area contributed by atoms with Crippen molar-refractivity contribution in [2.24, 2.45) is 5.92 Å². The Hall–Kier alpha value is -2.13. The van der Waals surface area contributed by atoms with Crippen LogP contribution in [0.25, 0.3) is 0 Å². The Labute approximate surface area is 124 Å². The van der Waals surface area contributed by atoms with Crippen LogP contribution in [0.3, 0.4) is 0 Å². The summed E-state index contributed by atoms with van der Waals surface area (Å²) < 4.78 is 0. The Bertz CT molecular complexity index is 597. The lowest BCUT2D eigenvalue weighted by molar-refractivity contribution is -0.123. The van der Waals surface area contributed by atoms with Crippen LogP contribution in [0.15, 0.2) is 60.7 Å². The minimum absolute atomic E-state index is 0.0326. The third-order valence-corrected chi connectivity index (χ3v) is 4.06. The SMILES string of the molecule is O=C(N[C@@H](CO)c1ccccc1)[C@@H]1C[C@H]1c1ccccc1. The summed E-state index contributed by atoms with van der Waals surface area (Å²) in [4.78, 5) is 12.3. The summed E-state index contributed by atoms with van der Waals surface area (Å²) in [7, 11) is 0. The molecule has 0 heterocycles. The average Bonchev–Trinajstić information content (AvgIpc) is 3.35. The van der Waals surface area contributed by atoms with Gasteiger partial charge in [-0.25, -0.2) is 0 Å². The highest BCUT2D eigenvalue weighted by Crippen LogP contribution is 2.47. The van der Waals surface area contributed by atoms with Gasteiger partial charge in [0, 0.05) is 5.92 Å². The van der Waals surface area contributed by atoms with Crippen LogP contribution in [0, 0.1) is 5.92 Å². The lowest BCUT2D eigenvalue weighted by Gasteiger charge is -2.16. The Morgan fingerprint density at radius 3 is 2.33 bits per heavy atom. The van der Waals surface area contributed by atoms with E-state index in [2.05, 4.69) is 17.4 Å². The third kappa shape index (κ3) is 3.14. The van der Waals surface area contributed by atoms with E-state index in [-0.39, 0.29) is 24.5 Å². The van der Waals surface area contributed by atoms with Crippen molar-refractivity contribution in [1.82, 2.24) is 5.32 Å². The molecule has 1 aliphatic rings. The monoisotopic (exact) mass is 281 g/mol. The highest BCUT2D eigenvalue weighted by atomic mass is 16.3.